The van der Waals surface area contributed by atoms with E-state index in [0.717, 1.165) is 23.6 Å². The first-order valence-corrected chi connectivity index (χ1v) is 8.64. The van der Waals surface area contributed by atoms with Crippen molar-refractivity contribution in [3.63, 3.8) is 0 Å². The summed E-state index contributed by atoms with van der Waals surface area (Å²) < 4.78 is 5.83. The second kappa shape index (κ2) is 7.00. The van der Waals surface area contributed by atoms with Gasteiger partial charge in [-0.05, 0) is 18.1 Å². The van der Waals surface area contributed by atoms with E-state index >= 15 is 0 Å². The summed E-state index contributed by atoms with van der Waals surface area (Å²) in [5.41, 5.74) is 1.20. The van der Waals surface area contributed by atoms with Gasteiger partial charge in [-0.15, -0.1) is 11.3 Å². The van der Waals surface area contributed by atoms with Gasteiger partial charge >= 0.3 is 6.03 Å². The molecule has 6 heteroatoms. The molecule has 0 radical (unpaired) electrons. The van der Waals surface area contributed by atoms with Gasteiger partial charge in [0.2, 0.25) is 0 Å². The monoisotopic (exact) mass is 331 g/mol. The zero-order valence-corrected chi connectivity index (χ0v) is 14.2. The summed E-state index contributed by atoms with van der Waals surface area (Å²) in [7, 11) is 1.78. The predicted octanol–water partition coefficient (Wildman–Crippen LogP) is 2.85. The lowest BCUT2D eigenvalue weighted by atomic mass is 10.1. The van der Waals surface area contributed by atoms with Crippen LogP contribution in [0.3, 0.4) is 0 Å². The third-order valence-corrected chi connectivity index (χ3v) is 4.99. The molecule has 0 saturated carbocycles. The minimum atomic E-state index is -0.0993. The van der Waals surface area contributed by atoms with Crippen molar-refractivity contribution in [2.24, 2.45) is 0 Å². The summed E-state index contributed by atoms with van der Waals surface area (Å²) in [6.45, 7) is 3.14. The molecule has 0 spiro atoms. The highest BCUT2D eigenvalue weighted by Gasteiger charge is 2.23. The molecule has 2 amide bonds. The summed E-state index contributed by atoms with van der Waals surface area (Å²) in [5.74, 6) is 0.926. The zero-order valence-electron chi connectivity index (χ0n) is 13.4. The number of carbonyl (C=O) groups is 1. The average molecular weight is 331 g/mol. The molecule has 0 aliphatic carbocycles. The van der Waals surface area contributed by atoms with Crippen LogP contribution in [0.4, 0.5) is 4.79 Å². The molecule has 2 heterocycles. The molecule has 3 rings (SSSR count). The second-order valence-corrected chi connectivity index (χ2v) is 6.87. The number of benzene rings is 1. The van der Waals surface area contributed by atoms with E-state index in [1.54, 1.807) is 23.3 Å². The third kappa shape index (κ3) is 3.82. The maximum absolute atomic E-state index is 12.2. The molecule has 0 bridgehead atoms. The lowest BCUT2D eigenvalue weighted by Gasteiger charge is -2.18. The van der Waals surface area contributed by atoms with Crippen LogP contribution in [0.15, 0.2) is 30.5 Å². The molecule has 1 aliphatic rings. The van der Waals surface area contributed by atoms with Crippen molar-refractivity contribution in [2.75, 3.05) is 13.6 Å². The van der Waals surface area contributed by atoms with E-state index in [4.69, 9.17) is 4.74 Å². The van der Waals surface area contributed by atoms with Crippen molar-refractivity contribution in [3.05, 3.63) is 45.9 Å². The van der Waals surface area contributed by atoms with E-state index in [0.29, 0.717) is 13.1 Å². The number of nitrogens with zero attached hydrogens (tertiary/aromatic N) is 2. The third-order valence-electron chi connectivity index (χ3n) is 3.86. The van der Waals surface area contributed by atoms with Gasteiger partial charge in [0.15, 0.2) is 0 Å². The van der Waals surface area contributed by atoms with Gasteiger partial charge in [-0.1, -0.05) is 25.1 Å². The summed E-state index contributed by atoms with van der Waals surface area (Å²) in [5, 5.41) is 3.90. The predicted molar refractivity (Wildman–Crippen MR) is 90.9 cm³/mol. The Bertz CT molecular complexity index is 661. The van der Waals surface area contributed by atoms with Crippen molar-refractivity contribution in [1.82, 2.24) is 15.2 Å². The summed E-state index contributed by atoms with van der Waals surface area (Å²) in [4.78, 5) is 19.4. The van der Waals surface area contributed by atoms with Crippen LogP contribution >= 0.6 is 11.3 Å². The number of aryl methyl sites for hydroxylation is 1. The fraction of sp³-hybridized carbons (Fsp3) is 0.412. The van der Waals surface area contributed by atoms with Crippen molar-refractivity contribution in [2.45, 2.75) is 32.4 Å². The van der Waals surface area contributed by atoms with Gasteiger partial charge in [0, 0.05) is 24.5 Å². The smallest absolute Gasteiger partial charge is 0.317 e. The van der Waals surface area contributed by atoms with Gasteiger partial charge in [-0.25, -0.2) is 9.78 Å². The summed E-state index contributed by atoms with van der Waals surface area (Å²) >= 11 is 1.66. The highest BCUT2D eigenvalue weighted by Crippen LogP contribution is 2.27. The molecule has 1 aromatic carbocycles. The van der Waals surface area contributed by atoms with Crippen LogP contribution in [0.5, 0.6) is 5.75 Å². The number of hydrogen-bond acceptors (Lipinski definition) is 4. The Morgan fingerprint density at radius 3 is 3.04 bits per heavy atom. The van der Waals surface area contributed by atoms with Crippen LogP contribution in [0, 0.1) is 0 Å². The molecule has 5 nitrogen and oxygen atoms in total. The average Bonchev–Trinajstić information content (AvgIpc) is 3.18. The minimum Gasteiger partial charge on any atom is -0.488 e. The normalized spacial score (nSPS) is 15.8. The molecule has 2 aromatic rings. The van der Waals surface area contributed by atoms with Crippen LogP contribution < -0.4 is 10.1 Å². The van der Waals surface area contributed by atoms with Gasteiger partial charge in [0.1, 0.15) is 16.9 Å². The van der Waals surface area contributed by atoms with Crippen molar-refractivity contribution in [1.29, 1.82) is 0 Å². The van der Waals surface area contributed by atoms with Gasteiger partial charge in [0.05, 0.1) is 13.1 Å². The Morgan fingerprint density at radius 2 is 2.30 bits per heavy atom. The van der Waals surface area contributed by atoms with E-state index in [1.807, 2.05) is 24.4 Å². The second-order valence-electron chi connectivity index (χ2n) is 5.67. The van der Waals surface area contributed by atoms with E-state index < -0.39 is 0 Å². The number of aromatic nitrogens is 1. The van der Waals surface area contributed by atoms with Crippen LogP contribution in [-0.4, -0.2) is 35.6 Å². The first-order chi connectivity index (χ1) is 11.2. The van der Waals surface area contributed by atoms with Crippen molar-refractivity contribution in [3.8, 4) is 5.75 Å². The van der Waals surface area contributed by atoms with Gasteiger partial charge in [-0.2, -0.15) is 0 Å². The number of hydrogen-bond donors (Lipinski definition) is 1. The Balaban J connectivity index is 1.46. The Kier molecular flexibility index (Phi) is 4.81. The SMILES string of the molecule is CCc1cnc(CN(C)C(=O)NCC2Cc3ccccc3O2)s1. The van der Waals surface area contributed by atoms with Crippen LogP contribution in [0.1, 0.15) is 22.4 Å². The van der Waals surface area contributed by atoms with Crippen molar-refractivity contribution < 1.29 is 9.53 Å². The molecular formula is C17H21N3O2S. The molecular weight excluding hydrogens is 310 g/mol. The molecule has 1 aromatic heterocycles. The fourth-order valence-electron chi connectivity index (χ4n) is 2.56. The van der Waals surface area contributed by atoms with E-state index in [-0.39, 0.29) is 12.1 Å². The summed E-state index contributed by atoms with van der Waals surface area (Å²) in [6, 6.07) is 7.91. The van der Waals surface area contributed by atoms with Crippen LogP contribution in [-0.2, 0) is 19.4 Å². The lowest BCUT2D eigenvalue weighted by molar-refractivity contribution is 0.191. The van der Waals surface area contributed by atoms with E-state index in [1.165, 1.54) is 10.4 Å². The van der Waals surface area contributed by atoms with Crippen molar-refractivity contribution >= 4 is 17.4 Å². The number of ether oxygens (including phenoxy) is 1. The highest BCUT2D eigenvalue weighted by atomic mass is 32.1. The number of rotatable bonds is 5. The number of thiazole rings is 1. The van der Waals surface area contributed by atoms with Crippen LogP contribution in [0.25, 0.3) is 0 Å². The molecule has 0 fully saturated rings. The highest BCUT2D eigenvalue weighted by molar-refractivity contribution is 7.11. The number of fused-ring (bicyclic) bond motifs is 1. The van der Waals surface area contributed by atoms with Gasteiger partial charge in [-0.3, -0.25) is 0 Å². The Hall–Kier alpha value is -2.08. The Labute approximate surface area is 140 Å². The van der Waals surface area contributed by atoms with Gasteiger partial charge < -0.3 is 15.0 Å². The molecule has 122 valence electrons. The standard InChI is InChI=1S/C17H21N3O2S/c1-3-14-10-18-16(23-14)11-20(2)17(21)19-9-13-8-12-6-4-5-7-15(12)22-13/h4-7,10,13H,3,8-9,11H2,1-2H3,(H,19,21). The number of para-hydroxylation sites is 1. The van der Waals surface area contributed by atoms with Crippen LogP contribution in [0.2, 0.25) is 0 Å². The molecule has 23 heavy (non-hydrogen) atoms. The number of amides is 2. The van der Waals surface area contributed by atoms with E-state index in [2.05, 4.69) is 23.3 Å². The lowest BCUT2D eigenvalue weighted by Crippen LogP contribution is -2.41. The molecule has 1 N–H and O–H groups in total. The fourth-order valence-corrected chi connectivity index (χ4v) is 3.48. The molecule has 1 unspecified atom stereocenters. The number of carbonyl (C=O) groups excluding carboxylic acids is 1. The quantitative estimate of drug-likeness (QED) is 0.916. The largest absolute Gasteiger partial charge is 0.488 e. The zero-order chi connectivity index (χ0) is 16.2. The van der Waals surface area contributed by atoms with E-state index in [9.17, 15) is 4.79 Å². The summed E-state index contributed by atoms with van der Waals surface area (Å²) in [6.07, 6.45) is 3.71. The molecule has 1 atom stereocenters. The van der Waals surface area contributed by atoms with Gasteiger partial charge in [0.25, 0.3) is 0 Å². The maximum atomic E-state index is 12.2. The Morgan fingerprint density at radius 1 is 1.48 bits per heavy atom. The number of urea groups is 1. The molecule has 0 saturated heterocycles. The maximum Gasteiger partial charge on any atom is 0.317 e. The first-order valence-electron chi connectivity index (χ1n) is 7.82. The minimum absolute atomic E-state index is 0.0105. The first kappa shape index (κ1) is 15.8. The topological polar surface area (TPSA) is 54.5 Å². The number of nitrogens with one attached hydrogen (secondary N) is 1. The molecule has 1 aliphatic heterocycles.